The van der Waals surface area contributed by atoms with Crippen LogP contribution in [0.1, 0.15) is 49.0 Å². The first-order valence-corrected chi connectivity index (χ1v) is 11.9. The van der Waals surface area contributed by atoms with Crippen LogP contribution < -0.4 is 10.2 Å². The summed E-state index contributed by atoms with van der Waals surface area (Å²) in [6, 6.07) is 13.4. The van der Waals surface area contributed by atoms with E-state index in [2.05, 4.69) is 19.2 Å². The van der Waals surface area contributed by atoms with Crippen molar-refractivity contribution in [2.24, 2.45) is 11.8 Å². The highest BCUT2D eigenvalue weighted by molar-refractivity contribution is 8.00. The molecular formula is C24H27ClN2O2S. The lowest BCUT2D eigenvalue weighted by molar-refractivity contribution is -0.116. The molecule has 1 aliphatic carbocycles. The van der Waals surface area contributed by atoms with E-state index in [1.54, 1.807) is 4.90 Å². The number of thioether (sulfide) groups is 1. The fraction of sp³-hybridized carbons (Fsp3) is 0.417. The molecule has 2 aliphatic rings. The highest BCUT2D eigenvalue weighted by atomic mass is 35.5. The van der Waals surface area contributed by atoms with Gasteiger partial charge in [-0.2, -0.15) is 0 Å². The van der Waals surface area contributed by atoms with Gasteiger partial charge in [0.15, 0.2) is 0 Å². The first-order chi connectivity index (χ1) is 14.4. The molecule has 1 heterocycles. The van der Waals surface area contributed by atoms with Gasteiger partial charge in [0.05, 0.1) is 18.0 Å². The van der Waals surface area contributed by atoms with E-state index in [4.69, 9.17) is 11.6 Å². The van der Waals surface area contributed by atoms with Crippen LogP contribution in [0.25, 0.3) is 0 Å². The minimum atomic E-state index is -0.0572. The van der Waals surface area contributed by atoms with Crippen LogP contribution in [0.2, 0.25) is 5.02 Å². The van der Waals surface area contributed by atoms with Crippen LogP contribution in [0, 0.1) is 11.8 Å². The van der Waals surface area contributed by atoms with Gasteiger partial charge in [0.1, 0.15) is 0 Å². The first-order valence-electron chi connectivity index (χ1n) is 10.5. The molecule has 1 N–H and O–H groups in total. The zero-order valence-electron chi connectivity index (χ0n) is 17.4. The van der Waals surface area contributed by atoms with E-state index in [1.165, 1.54) is 18.2 Å². The van der Waals surface area contributed by atoms with Crippen LogP contribution in [0.15, 0.2) is 47.4 Å². The Kier molecular flexibility index (Phi) is 6.40. The summed E-state index contributed by atoms with van der Waals surface area (Å²) in [6.45, 7) is 4.95. The van der Waals surface area contributed by atoms with Crippen molar-refractivity contribution in [3.63, 3.8) is 0 Å². The maximum Gasteiger partial charge on any atom is 0.251 e. The minimum Gasteiger partial charge on any atom is -0.349 e. The number of nitrogens with zero attached hydrogens (tertiary/aromatic N) is 1. The number of carbonyl (C=O) groups excluding carboxylic acids is 2. The molecule has 3 unspecified atom stereocenters. The Morgan fingerprint density at radius 1 is 1.17 bits per heavy atom. The van der Waals surface area contributed by atoms with Gasteiger partial charge in [-0.25, -0.2) is 0 Å². The van der Waals surface area contributed by atoms with Crippen molar-refractivity contribution < 1.29 is 9.59 Å². The van der Waals surface area contributed by atoms with Crippen molar-refractivity contribution in [2.75, 3.05) is 10.7 Å². The molecule has 0 bridgehead atoms. The van der Waals surface area contributed by atoms with Gasteiger partial charge in [-0.05, 0) is 54.2 Å². The molecule has 158 valence electrons. The number of benzene rings is 2. The highest BCUT2D eigenvalue weighted by Gasteiger charge is 2.30. The molecule has 1 aliphatic heterocycles. The quantitative estimate of drug-likeness (QED) is 0.676. The Balaban J connectivity index is 1.56. The maximum absolute atomic E-state index is 13.0. The fourth-order valence-electron chi connectivity index (χ4n) is 4.33. The largest absolute Gasteiger partial charge is 0.349 e. The second-order valence-electron chi connectivity index (χ2n) is 8.42. The molecule has 1 saturated carbocycles. The van der Waals surface area contributed by atoms with Crippen molar-refractivity contribution in [3.05, 3.63) is 58.6 Å². The van der Waals surface area contributed by atoms with E-state index in [-0.39, 0.29) is 17.9 Å². The zero-order valence-corrected chi connectivity index (χ0v) is 18.9. The van der Waals surface area contributed by atoms with Gasteiger partial charge in [0, 0.05) is 21.5 Å². The third-order valence-electron chi connectivity index (χ3n) is 6.44. The molecule has 0 saturated heterocycles. The molecule has 4 rings (SSSR count). The summed E-state index contributed by atoms with van der Waals surface area (Å²) in [5.74, 6) is 1.49. The van der Waals surface area contributed by atoms with Crippen LogP contribution in [-0.2, 0) is 11.3 Å². The predicted molar refractivity (Wildman–Crippen MR) is 123 cm³/mol. The van der Waals surface area contributed by atoms with Gasteiger partial charge in [0.2, 0.25) is 5.91 Å². The van der Waals surface area contributed by atoms with Gasteiger partial charge in [-0.3, -0.25) is 9.59 Å². The van der Waals surface area contributed by atoms with Gasteiger partial charge in [-0.15, -0.1) is 11.8 Å². The average Bonchev–Trinajstić information content (AvgIpc) is 2.74. The SMILES string of the molecule is CC1CCCC(NC(=O)c2ccc3c(c2)N(Cc2ccc(Cl)cc2)C(=O)CS3)C1C. The van der Waals surface area contributed by atoms with Gasteiger partial charge in [0.25, 0.3) is 5.91 Å². The number of anilines is 1. The monoisotopic (exact) mass is 442 g/mol. The number of fused-ring (bicyclic) bond motifs is 1. The summed E-state index contributed by atoms with van der Waals surface area (Å²) in [7, 11) is 0. The van der Waals surface area contributed by atoms with E-state index < -0.39 is 0 Å². The van der Waals surface area contributed by atoms with Crippen LogP contribution >= 0.6 is 23.4 Å². The number of rotatable bonds is 4. The van der Waals surface area contributed by atoms with Gasteiger partial charge >= 0.3 is 0 Å². The highest BCUT2D eigenvalue weighted by Crippen LogP contribution is 2.37. The lowest BCUT2D eigenvalue weighted by Gasteiger charge is -2.34. The Bertz CT molecular complexity index is 947. The van der Waals surface area contributed by atoms with Crippen molar-refractivity contribution in [3.8, 4) is 0 Å². The molecule has 4 nitrogen and oxygen atoms in total. The lowest BCUT2D eigenvalue weighted by Crippen LogP contribution is -2.43. The molecular weight excluding hydrogens is 416 g/mol. The van der Waals surface area contributed by atoms with Crippen LogP contribution in [-0.4, -0.2) is 23.6 Å². The van der Waals surface area contributed by atoms with Crippen LogP contribution in [0.4, 0.5) is 5.69 Å². The first kappa shape index (κ1) is 21.3. The van der Waals surface area contributed by atoms with E-state index in [0.29, 0.717) is 34.7 Å². The summed E-state index contributed by atoms with van der Waals surface area (Å²) < 4.78 is 0. The molecule has 2 aromatic rings. The molecule has 30 heavy (non-hydrogen) atoms. The molecule has 0 aromatic heterocycles. The molecule has 1 fully saturated rings. The van der Waals surface area contributed by atoms with Crippen molar-refractivity contribution >= 4 is 40.9 Å². The summed E-state index contributed by atoms with van der Waals surface area (Å²) >= 11 is 7.52. The zero-order chi connectivity index (χ0) is 21.3. The standard InChI is InChI=1S/C24H27ClN2O2S/c1-15-4-3-5-20(16(15)2)26-24(29)18-8-11-22-21(12-18)27(23(28)14-30-22)13-17-6-9-19(25)10-7-17/h6-12,15-16,20H,3-5,13-14H2,1-2H3,(H,26,29). The average molecular weight is 443 g/mol. The Morgan fingerprint density at radius 3 is 2.70 bits per heavy atom. The minimum absolute atomic E-state index is 0.0507. The van der Waals surface area contributed by atoms with Crippen molar-refractivity contribution in [1.29, 1.82) is 0 Å². The molecule has 2 amide bonds. The predicted octanol–water partition coefficient (Wildman–Crippen LogP) is 5.53. The third kappa shape index (κ3) is 4.52. The van der Waals surface area contributed by atoms with E-state index in [1.807, 2.05) is 42.5 Å². The number of hydrogen-bond donors (Lipinski definition) is 1. The molecule has 0 radical (unpaired) electrons. The number of hydrogen-bond acceptors (Lipinski definition) is 3. The normalized spacial score (nSPS) is 23.8. The summed E-state index contributed by atoms with van der Waals surface area (Å²) in [6.07, 6.45) is 3.41. The van der Waals surface area contributed by atoms with Crippen LogP contribution in [0.3, 0.4) is 0 Å². The summed E-state index contributed by atoms with van der Waals surface area (Å²) in [4.78, 5) is 28.5. The third-order valence-corrected chi connectivity index (χ3v) is 7.74. The van der Waals surface area contributed by atoms with Crippen molar-refractivity contribution in [2.45, 2.75) is 50.6 Å². The second kappa shape index (κ2) is 9.03. The maximum atomic E-state index is 13.0. The van der Waals surface area contributed by atoms with Gasteiger partial charge < -0.3 is 10.2 Å². The van der Waals surface area contributed by atoms with Crippen molar-refractivity contribution in [1.82, 2.24) is 5.32 Å². The van der Waals surface area contributed by atoms with Crippen LogP contribution in [0.5, 0.6) is 0 Å². The molecule has 3 atom stereocenters. The number of carbonyl (C=O) groups is 2. The number of halogens is 1. The summed E-state index contributed by atoms with van der Waals surface area (Å²) in [5.41, 5.74) is 2.42. The smallest absolute Gasteiger partial charge is 0.251 e. The van der Waals surface area contributed by atoms with E-state index >= 15 is 0 Å². The second-order valence-corrected chi connectivity index (χ2v) is 9.88. The Morgan fingerprint density at radius 2 is 1.93 bits per heavy atom. The van der Waals surface area contributed by atoms with E-state index in [9.17, 15) is 9.59 Å². The van der Waals surface area contributed by atoms with Gasteiger partial charge in [-0.1, -0.05) is 50.4 Å². The fourth-order valence-corrected chi connectivity index (χ4v) is 5.37. The van der Waals surface area contributed by atoms with E-state index in [0.717, 1.165) is 29.0 Å². The summed E-state index contributed by atoms with van der Waals surface area (Å²) in [5, 5.41) is 3.91. The Hall–Kier alpha value is -1.98. The number of nitrogens with one attached hydrogen (secondary N) is 1. The molecule has 0 spiro atoms. The lowest BCUT2D eigenvalue weighted by atomic mass is 9.78. The number of amides is 2. The molecule has 6 heteroatoms. The topological polar surface area (TPSA) is 49.4 Å². The Labute approximate surface area is 187 Å². The molecule has 2 aromatic carbocycles.